The quantitative estimate of drug-likeness (QED) is 0.372. The van der Waals surface area contributed by atoms with Crippen LogP contribution >= 0.6 is 0 Å². The number of hydrogen-bond donors (Lipinski definition) is 2. The molecule has 8 nitrogen and oxygen atoms in total. The smallest absolute Gasteiger partial charge is 0.142 e. The van der Waals surface area contributed by atoms with Crippen molar-refractivity contribution in [1.82, 2.24) is 5.32 Å². The molecule has 0 spiro atoms. The van der Waals surface area contributed by atoms with Gasteiger partial charge in [-0.2, -0.15) is 0 Å². The second-order valence-electron chi connectivity index (χ2n) is 9.70. The number of methoxy groups -OCH3 is 2. The third-order valence-electron chi connectivity index (χ3n) is 7.01. The van der Waals surface area contributed by atoms with Crippen molar-refractivity contribution in [2.75, 3.05) is 71.7 Å². The Morgan fingerprint density at radius 3 is 2.57 bits per heavy atom. The van der Waals surface area contributed by atoms with E-state index in [1.54, 1.807) is 14.2 Å². The van der Waals surface area contributed by atoms with Crippen LogP contribution in [0.5, 0.6) is 11.5 Å². The summed E-state index contributed by atoms with van der Waals surface area (Å²) in [6, 6.07) is 14.3. The Hall–Kier alpha value is -2.36. The van der Waals surface area contributed by atoms with Gasteiger partial charge in [-0.25, -0.2) is 0 Å². The molecule has 0 aromatic heterocycles. The lowest BCUT2D eigenvalue weighted by atomic mass is 9.85. The van der Waals surface area contributed by atoms with E-state index in [0.717, 1.165) is 73.9 Å². The van der Waals surface area contributed by atoms with Crippen molar-refractivity contribution in [2.24, 2.45) is 0 Å². The summed E-state index contributed by atoms with van der Waals surface area (Å²) in [6.07, 6.45) is 2.25. The molecule has 1 fully saturated rings. The van der Waals surface area contributed by atoms with Crippen LogP contribution in [0.1, 0.15) is 36.3 Å². The molecule has 3 atom stereocenters. The van der Waals surface area contributed by atoms with E-state index in [4.69, 9.17) is 23.7 Å². The van der Waals surface area contributed by atoms with Crippen molar-refractivity contribution < 1.29 is 28.8 Å². The van der Waals surface area contributed by atoms with Gasteiger partial charge in [0.2, 0.25) is 0 Å². The van der Waals surface area contributed by atoms with E-state index in [-0.39, 0.29) is 12.0 Å². The van der Waals surface area contributed by atoms with E-state index >= 15 is 0 Å². The molecule has 0 bridgehead atoms. The maximum absolute atomic E-state index is 10.9. The van der Waals surface area contributed by atoms with Crippen LogP contribution in [-0.4, -0.2) is 84.1 Å². The Kier molecular flexibility index (Phi) is 10.9. The molecule has 1 saturated heterocycles. The lowest BCUT2D eigenvalue weighted by molar-refractivity contribution is -0.0328. The average Bonchev–Trinajstić information content (AvgIpc) is 2.92. The first-order chi connectivity index (χ1) is 18.2. The number of hydrogen-bond acceptors (Lipinski definition) is 8. The second kappa shape index (κ2) is 14.5. The molecule has 0 aliphatic carbocycles. The summed E-state index contributed by atoms with van der Waals surface area (Å²) in [5.74, 6) is 1.65. The molecule has 2 aromatic carbocycles. The van der Waals surface area contributed by atoms with E-state index in [9.17, 15) is 5.11 Å². The van der Waals surface area contributed by atoms with Gasteiger partial charge in [0.1, 0.15) is 18.1 Å². The Morgan fingerprint density at radius 1 is 0.973 bits per heavy atom. The number of piperidine rings is 1. The number of aliphatic hydroxyl groups is 1. The highest BCUT2D eigenvalue weighted by molar-refractivity contribution is 5.61. The SMILES string of the molecule is COCCCCOc1ccc(C2C(OCc3ccc4c(c3)N(CCCOC)CCO4)CNC[C@H]2O)cc1. The molecular formula is C29H42N2O6. The van der Waals surface area contributed by atoms with E-state index < -0.39 is 6.10 Å². The van der Waals surface area contributed by atoms with Gasteiger partial charge in [0, 0.05) is 53.0 Å². The molecule has 2 aromatic rings. The number of nitrogens with zero attached hydrogens (tertiary/aromatic N) is 1. The number of fused-ring (bicyclic) bond motifs is 1. The van der Waals surface area contributed by atoms with Crippen LogP contribution in [0, 0.1) is 0 Å². The van der Waals surface area contributed by atoms with Crippen molar-refractivity contribution in [2.45, 2.75) is 44.0 Å². The van der Waals surface area contributed by atoms with Gasteiger partial charge in [-0.05, 0) is 54.7 Å². The molecule has 0 saturated carbocycles. The Bertz CT molecular complexity index is 940. The van der Waals surface area contributed by atoms with E-state index in [2.05, 4.69) is 22.3 Å². The fraction of sp³-hybridized carbons (Fsp3) is 0.586. The van der Waals surface area contributed by atoms with Crippen LogP contribution in [0.3, 0.4) is 0 Å². The predicted molar refractivity (Wildman–Crippen MR) is 144 cm³/mol. The van der Waals surface area contributed by atoms with Gasteiger partial charge in [0.15, 0.2) is 0 Å². The fourth-order valence-corrected chi connectivity index (χ4v) is 5.04. The zero-order valence-electron chi connectivity index (χ0n) is 22.2. The number of rotatable bonds is 14. The molecule has 2 aliphatic rings. The van der Waals surface area contributed by atoms with E-state index in [1.807, 2.05) is 30.3 Å². The van der Waals surface area contributed by atoms with Crippen molar-refractivity contribution >= 4 is 5.69 Å². The monoisotopic (exact) mass is 514 g/mol. The van der Waals surface area contributed by atoms with Gasteiger partial charge in [-0.1, -0.05) is 18.2 Å². The second-order valence-corrected chi connectivity index (χ2v) is 9.70. The Labute approximate surface area is 220 Å². The first-order valence-electron chi connectivity index (χ1n) is 13.4. The highest BCUT2D eigenvalue weighted by Crippen LogP contribution is 2.34. The van der Waals surface area contributed by atoms with Crippen LogP contribution in [0.2, 0.25) is 0 Å². The summed E-state index contributed by atoms with van der Waals surface area (Å²) < 4.78 is 28.5. The molecule has 8 heteroatoms. The number of unbranched alkanes of at least 4 members (excludes halogenated alkanes) is 1. The first-order valence-corrected chi connectivity index (χ1v) is 13.4. The van der Waals surface area contributed by atoms with Crippen LogP contribution in [0.25, 0.3) is 0 Å². The third-order valence-corrected chi connectivity index (χ3v) is 7.01. The van der Waals surface area contributed by atoms with E-state index in [1.165, 1.54) is 0 Å². The van der Waals surface area contributed by atoms with Crippen molar-refractivity contribution in [3.63, 3.8) is 0 Å². The lowest BCUT2D eigenvalue weighted by Crippen LogP contribution is -2.49. The Morgan fingerprint density at radius 2 is 1.76 bits per heavy atom. The van der Waals surface area contributed by atoms with Gasteiger partial charge in [-0.15, -0.1) is 0 Å². The lowest BCUT2D eigenvalue weighted by Gasteiger charge is -2.36. The third kappa shape index (κ3) is 7.82. The van der Waals surface area contributed by atoms with Gasteiger partial charge in [0.05, 0.1) is 37.7 Å². The molecule has 2 aliphatic heterocycles. The minimum absolute atomic E-state index is 0.108. The molecule has 204 valence electrons. The molecule has 0 amide bonds. The number of β-amino-alcohol motifs (C(OH)–C–C–N with tert-alkyl or cyclic N) is 1. The summed E-state index contributed by atoms with van der Waals surface area (Å²) in [5, 5.41) is 14.2. The molecule has 4 rings (SSSR count). The zero-order valence-corrected chi connectivity index (χ0v) is 22.2. The van der Waals surface area contributed by atoms with Gasteiger partial charge in [0.25, 0.3) is 0 Å². The van der Waals surface area contributed by atoms with Crippen LogP contribution < -0.4 is 19.7 Å². The predicted octanol–water partition coefficient (Wildman–Crippen LogP) is 3.36. The summed E-state index contributed by atoms with van der Waals surface area (Å²) in [6.45, 7) is 6.37. The largest absolute Gasteiger partial charge is 0.494 e. The topological polar surface area (TPSA) is 81.7 Å². The van der Waals surface area contributed by atoms with Gasteiger partial charge in [-0.3, -0.25) is 0 Å². The zero-order chi connectivity index (χ0) is 25.9. The fourth-order valence-electron chi connectivity index (χ4n) is 5.04. The molecule has 2 heterocycles. The van der Waals surface area contributed by atoms with Crippen LogP contribution in [0.15, 0.2) is 42.5 Å². The number of nitrogens with one attached hydrogen (secondary N) is 1. The Balaban J connectivity index is 1.37. The minimum atomic E-state index is -0.521. The summed E-state index contributed by atoms with van der Waals surface area (Å²) in [7, 11) is 3.45. The number of anilines is 1. The van der Waals surface area contributed by atoms with Crippen molar-refractivity contribution in [1.29, 1.82) is 0 Å². The maximum atomic E-state index is 10.9. The molecule has 2 N–H and O–H groups in total. The normalized spacial score (nSPS) is 21.4. The summed E-state index contributed by atoms with van der Waals surface area (Å²) in [5.41, 5.74) is 3.27. The van der Waals surface area contributed by atoms with Gasteiger partial charge >= 0.3 is 0 Å². The van der Waals surface area contributed by atoms with Crippen LogP contribution in [0.4, 0.5) is 5.69 Å². The average molecular weight is 515 g/mol. The van der Waals surface area contributed by atoms with Crippen molar-refractivity contribution in [3.8, 4) is 11.5 Å². The number of benzene rings is 2. The van der Waals surface area contributed by atoms with Crippen LogP contribution in [-0.2, 0) is 20.8 Å². The standard InChI is InChI=1S/C29H42N2O6/c1-33-14-3-4-16-35-24-9-7-23(8-10-24)29-26(32)19-30-20-28(29)37-21-22-6-11-27-25(18-22)31(13-17-36-27)12-5-15-34-2/h6-11,18,26,28-30,32H,3-5,12-17,19-21H2,1-2H3/t26-,28?,29?/m1/s1. The number of aliphatic hydroxyl groups excluding tert-OH is 1. The summed E-state index contributed by atoms with van der Waals surface area (Å²) in [4.78, 5) is 2.36. The van der Waals surface area contributed by atoms with Crippen molar-refractivity contribution in [3.05, 3.63) is 53.6 Å². The first kappa shape index (κ1) is 27.7. The number of ether oxygens (including phenoxy) is 5. The highest BCUT2D eigenvalue weighted by Gasteiger charge is 2.34. The summed E-state index contributed by atoms with van der Waals surface area (Å²) >= 11 is 0. The minimum Gasteiger partial charge on any atom is -0.494 e. The molecule has 2 unspecified atom stereocenters. The van der Waals surface area contributed by atoms with Gasteiger partial charge < -0.3 is 39.0 Å². The molecule has 37 heavy (non-hydrogen) atoms. The molecule has 0 radical (unpaired) electrons. The highest BCUT2D eigenvalue weighted by atomic mass is 16.5. The molecular weight excluding hydrogens is 472 g/mol. The maximum Gasteiger partial charge on any atom is 0.142 e. The van der Waals surface area contributed by atoms with E-state index in [0.29, 0.717) is 32.9 Å².